The number of aliphatic imine (C=N–C) groups is 1. The van der Waals surface area contributed by atoms with Gasteiger partial charge in [-0.15, -0.1) is 0 Å². The zero-order valence-corrected chi connectivity index (χ0v) is 9.22. The number of carbonyl (C=O) groups excluding carboxylic acids is 1. The summed E-state index contributed by atoms with van der Waals surface area (Å²) in [6.45, 7) is 0.537. The lowest BCUT2D eigenvalue weighted by Crippen LogP contribution is -2.30. The molecule has 2 aliphatic rings. The Morgan fingerprint density at radius 3 is 3.06 bits per heavy atom. The van der Waals surface area contributed by atoms with Crippen molar-refractivity contribution in [2.45, 2.75) is 6.42 Å². The van der Waals surface area contributed by atoms with E-state index in [4.69, 9.17) is 4.74 Å². The number of hydrogen-bond donors (Lipinski definition) is 0. The fourth-order valence-corrected chi connectivity index (χ4v) is 2.10. The molecule has 2 heterocycles. The van der Waals surface area contributed by atoms with Gasteiger partial charge in [0, 0.05) is 11.8 Å². The van der Waals surface area contributed by atoms with Crippen LogP contribution in [-0.4, -0.2) is 18.7 Å². The summed E-state index contributed by atoms with van der Waals surface area (Å²) in [7, 11) is 0. The summed E-state index contributed by atoms with van der Waals surface area (Å²) in [6, 6.07) is 8.03. The van der Waals surface area contributed by atoms with E-state index in [9.17, 15) is 4.79 Å². The summed E-state index contributed by atoms with van der Waals surface area (Å²) in [4.78, 5) is 15.2. The van der Waals surface area contributed by atoms with E-state index in [0.717, 1.165) is 21.6 Å². The summed E-state index contributed by atoms with van der Waals surface area (Å²) >= 11 is 0. The van der Waals surface area contributed by atoms with Crippen molar-refractivity contribution in [3.8, 4) is 0 Å². The zero-order valence-electron chi connectivity index (χ0n) is 9.22. The van der Waals surface area contributed by atoms with Gasteiger partial charge < -0.3 is 4.74 Å². The van der Waals surface area contributed by atoms with Gasteiger partial charge in [0.1, 0.15) is 6.61 Å². The molecule has 0 bridgehead atoms. The van der Waals surface area contributed by atoms with Crippen LogP contribution in [-0.2, 0) is 9.53 Å². The number of rotatable bonds is 0. The van der Waals surface area contributed by atoms with Crippen molar-refractivity contribution in [2.24, 2.45) is 4.99 Å². The SMILES string of the molecule is O=C1CC2=c3ccccc3=CCOC=C2C=N1. The Balaban J connectivity index is 2.39. The molecular weight excluding hydrogens is 214 g/mol. The number of hydrogen-bond acceptors (Lipinski definition) is 2. The van der Waals surface area contributed by atoms with Crippen molar-refractivity contribution >= 4 is 23.8 Å². The molecule has 1 aromatic carbocycles. The summed E-state index contributed by atoms with van der Waals surface area (Å²) in [5.74, 6) is -0.104. The largest absolute Gasteiger partial charge is 0.496 e. The summed E-state index contributed by atoms with van der Waals surface area (Å²) < 4.78 is 5.40. The molecule has 17 heavy (non-hydrogen) atoms. The third-order valence-corrected chi connectivity index (χ3v) is 2.92. The smallest absolute Gasteiger partial charge is 0.250 e. The quantitative estimate of drug-likeness (QED) is 0.646. The van der Waals surface area contributed by atoms with Crippen LogP contribution in [0.2, 0.25) is 0 Å². The predicted molar refractivity (Wildman–Crippen MR) is 65.7 cm³/mol. The lowest BCUT2D eigenvalue weighted by molar-refractivity contribution is -0.116. The van der Waals surface area contributed by atoms with Crippen LogP contribution in [0.15, 0.2) is 41.1 Å². The normalized spacial score (nSPS) is 18.0. The number of benzene rings is 1. The molecule has 0 radical (unpaired) electrons. The Hall–Kier alpha value is -2.16. The third kappa shape index (κ3) is 1.80. The lowest BCUT2D eigenvalue weighted by Gasteiger charge is -2.13. The molecule has 0 fully saturated rings. The van der Waals surface area contributed by atoms with Crippen LogP contribution in [0.5, 0.6) is 0 Å². The Kier molecular flexibility index (Phi) is 2.37. The summed E-state index contributed by atoms with van der Waals surface area (Å²) in [5, 5.41) is 2.21. The molecule has 0 spiro atoms. The van der Waals surface area contributed by atoms with E-state index < -0.39 is 0 Å². The number of fused-ring (bicyclic) bond motifs is 2. The molecule has 0 aliphatic carbocycles. The van der Waals surface area contributed by atoms with Crippen LogP contribution < -0.4 is 10.4 Å². The first-order valence-corrected chi connectivity index (χ1v) is 5.52. The van der Waals surface area contributed by atoms with Gasteiger partial charge in [0.25, 0.3) is 0 Å². The zero-order chi connectivity index (χ0) is 11.7. The van der Waals surface area contributed by atoms with Gasteiger partial charge in [-0.3, -0.25) is 4.79 Å². The van der Waals surface area contributed by atoms with E-state index in [0.29, 0.717) is 13.0 Å². The highest BCUT2D eigenvalue weighted by Gasteiger charge is 2.16. The molecule has 0 saturated carbocycles. The molecule has 3 nitrogen and oxygen atoms in total. The second-order valence-corrected chi connectivity index (χ2v) is 4.01. The Morgan fingerprint density at radius 1 is 1.24 bits per heavy atom. The Morgan fingerprint density at radius 2 is 2.12 bits per heavy atom. The van der Waals surface area contributed by atoms with Gasteiger partial charge in [0.05, 0.1) is 12.7 Å². The predicted octanol–water partition coefficient (Wildman–Crippen LogP) is 0.533. The van der Waals surface area contributed by atoms with E-state index in [2.05, 4.69) is 4.99 Å². The molecule has 2 aliphatic heterocycles. The van der Waals surface area contributed by atoms with Gasteiger partial charge in [-0.05, 0) is 22.1 Å². The van der Waals surface area contributed by atoms with E-state index in [-0.39, 0.29) is 5.91 Å². The average Bonchev–Trinajstić information content (AvgIpc) is 2.34. The van der Waals surface area contributed by atoms with Gasteiger partial charge in [-0.1, -0.05) is 24.3 Å². The van der Waals surface area contributed by atoms with Gasteiger partial charge in [-0.2, -0.15) is 0 Å². The summed E-state index contributed by atoms with van der Waals surface area (Å²) in [6.07, 6.45) is 5.63. The van der Waals surface area contributed by atoms with Gasteiger partial charge in [0.2, 0.25) is 5.91 Å². The minimum absolute atomic E-state index is 0.104. The highest BCUT2D eigenvalue weighted by atomic mass is 16.5. The Bertz CT molecular complexity index is 653. The van der Waals surface area contributed by atoms with Crippen LogP contribution in [0.1, 0.15) is 6.42 Å². The highest BCUT2D eigenvalue weighted by molar-refractivity contribution is 6.09. The first-order valence-electron chi connectivity index (χ1n) is 5.52. The molecule has 0 atom stereocenters. The average molecular weight is 225 g/mol. The third-order valence-electron chi connectivity index (χ3n) is 2.92. The van der Waals surface area contributed by atoms with Crippen molar-refractivity contribution in [1.82, 2.24) is 0 Å². The number of ether oxygens (including phenoxy) is 1. The molecule has 3 rings (SSSR count). The monoisotopic (exact) mass is 225 g/mol. The number of allylic oxidation sites excluding steroid dienone is 1. The molecular formula is C14H11NO2. The number of nitrogens with zero attached hydrogens (tertiary/aromatic N) is 1. The maximum absolute atomic E-state index is 11.4. The standard InChI is InChI=1S/C14H11NO2/c16-14-7-13-11(8-15-14)9-17-6-5-10-3-1-2-4-12(10)13/h1-5,8-9H,6-7H2. The fraction of sp³-hybridized carbons (Fsp3) is 0.143. The van der Waals surface area contributed by atoms with Crippen molar-refractivity contribution in [1.29, 1.82) is 0 Å². The van der Waals surface area contributed by atoms with Crippen LogP contribution in [0, 0.1) is 0 Å². The van der Waals surface area contributed by atoms with Crippen LogP contribution in [0.3, 0.4) is 0 Å². The molecule has 1 amide bonds. The van der Waals surface area contributed by atoms with Gasteiger partial charge in [0.15, 0.2) is 0 Å². The van der Waals surface area contributed by atoms with Crippen molar-refractivity contribution in [3.05, 3.63) is 46.5 Å². The van der Waals surface area contributed by atoms with Crippen LogP contribution in [0.4, 0.5) is 0 Å². The molecule has 0 N–H and O–H groups in total. The van der Waals surface area contributed by atoms with E-state index in [1.165, 1.54) is 0 Å². The van der Waals surface area contributed by atoms with Gasteiger partial charge >= 0.3 is 0 Å². The van der Waals surface area contributed by atoms with Crippen molar-refractivity contribution in [2.75, 3.05) is 6.61 Å². The van der Waals surface area contributed by atoms with Crippen LogP contribution in [0.25, 0.3) is 11.6 Å². The maximum atomic E-state index is 11.4. The highest BCUT2D eigenvalue weighted by Crippen LogP contribution is 2.18. The molecule has 0 saturated heterocycles. The van der Waals surface area contributed by atoms with E-state index >= 15 is 0 Å². The Labute approximate surface area is 98.4 Å². The van der Waals surface area contributed by atoms with Crippen molar-refractivity contribution in [3.63, 3.8) is 0 Å². The molecule has 3 heteroatoms. The minimum atomic E-state index is -0.104. The topological polar surface area (TPSA) is 38.7 Å². The minimum Gasteiger partial charge on any atom is -0.496 e. The number of carbonyl (C=O) groups is 1. The molecule has 0 aromatic heterocycles. The summed E-state index contributed by atoms with van der Waals surface area (Å²) in [5.41, 5.74) is 1.89. The first kappa shape index (κ1) is 10.0. The molecule has 84 valence electrons. The fourth-order valence-electron chi connectivity index (χ4n) is 2.10. The maximum Gasteiger partial charge on any atom is 0.250 e. The molecule has 0 unspecified atom stereocenters. The lowest BCUT2D eigenvalue weighted by atomic mass is 9.97. The van der Waals surface area contributed by atoms with E-state index in [1.807, 2.05) is 30.3 Å². The van der Waals surface area contributed by atoms with Gasteiger partial charge in [-0.25, -0.2) is 4.99 Å². The molecule has 1 aromatic rings. The second kappa shape index (κ2) is 4.01. The second-order valence-electron chi connectivity index (χ2n) is 4.01. The number of amides is 1. The first-order chi connectivity index (χ1) is 8.34. The van der Waals surface area contributed by atoms with Crippen molar-refractivity contribution < 1.29 is 9.53 Å². The van der Waals surface area contributed by atoms with E-state index in [1.54, 1.807) is 12.5 Å². The van der Waals surface area contributed by atoms with Crippen LogP contribution >= 0.6 is 0 Å².